The van der Waals surface area contributed by atoms with Crippen molar-refractivity contribution in [2.24, 2.45) is 5.92 Å². The molecule has 1 aromatic heterocycles. The molecule has 0 radical (unpaired) electrons. The lowest BCUT2D eigenvalue weighted by Crippen LogP contribution is -2.37. The highest BCUT2D eigenvalue weighted by molar-refractivity contribution is 5.73. The molecule has 0 aliphatic carbocycles. The molecule has 2 heterocycles. The van der Waals surface area contributed by atoms with Gasteiger partial charge in [0.2, 0.25) is 5.82 Å². The minimum atomic E-state index is -0.595. The van der Waals surface area contributed by atoms with E-state index in [1.54, 1.807) is 44.4 Å². The van der Waals surface area contributed by atoms with Gasteiger partial charge in [-0.1, -0.05) is 4.98 Å². The molecular formula is C19H22N4O5. The van der Waals surface area contributed by atoms with Crippen LogP contribution in [-0.4, -0.2) is 47.7 Å². The monoisotopic (exact) mass is 386 g/mol. The third kappa shape index (κ3) is 4.36. The average Bonchev–Trinajstić information content (AvgIpc) is 2.73. The summed E-state index contributed by atoms with van der Waals surface area (Å²) in [5.41, 5.74) is 1.20. The molecule has 9 heteroatoms. The number of aromatic nitrogens is 2. The number of nitrogens with zero attached hydrogens (tertiary/aromatic N) is 4. The molecule has 1 aliphatic rings. The number of piperidine rings is 1. The Hall–Kier alpha value is -3.23. The molecule has 1 fully saturated rings. The first-order chi connectivity index (χ1) is 13.5. The Morgan fingerprint density at radius 2 is 1.93 bits per heavy atom. The number of hydrogen-bond donors (Lipinski definition) is 0. The molecule has 1 saturated heterocycles. The molecule has 0 amide bonds. The lowest BCUT2D eigenvalue weighted by Gasteiger charge is -2.30. The standard InChI is InChI=1S/C19H22N4O5/c1-3-28-18(24)14-8-10-22(11-9-14)17-12-16(20-19(21-17)23(25)26)13-4-6-15(27-2)7-5-13/h4-7,12,14H,3,8-11H2,1-2H3. The number of esters is 1. The number of ether oxygens (including phenoxy) is 2. The van der Waals surface area contributed by atoms with Crippen molar-refractivity contribution in [1.29, 1.82) is 0 Å². The molecule has 9 nitrogen and oxygen atoms in total. The normalized spacial score (nSPS) is 14.6. The van der Waals surface area contributed by atoms with Crippen molar-refractivity contribution in [3.8, 4) is 17.0 Å². The van der Waals surface area contributed by atoms with Gasteiger partial charge >= 0.3 is 11.9 Å². The van der Waals surface area contributed by atoms with E-state index in [0.717, 1.165) is 5.56 Å². The van der Waals surface area contributed by atoms with E-state index < -0.39 is 10.9 Å². The Labute approximate surface area is 162 Å². The number of anilines is 1. The van der Waals surface area contributed by atoms with E-state index in [0.29, 0.717) is 49.8 Å². The van der Waals surface area contributed by atoms with Gasteiger partial charge in [0.15, 0.2) is 5.69 Å². The summed E-state index contributed by atoms with van der Waals surface area (Å²) in [5, 5.41) is 11.3. The largest absolute Gasteiger partial charge is 0.497 e. The zero-order chi connectivity index (χ0) is 20.1. The summed E-state index contributed by atoms with van der Waals surface area (Å²) in [6.07, 6.45) is 1.24. The van der Waals surface area contributed by atoms with Crippen LogP contribution in [0.5, 0.6) is 5.75 Å². The maximum Gasteiger partial charge on any atom is 0.471 e. The van der Waals surface area contributed by atoms with Crippen molar-refractivity contribution in [2.75, 3.05) is 31.7 Å². The van der Waals surface area contributed by atoms with E-state index in [2.05, 4.69) is 9.97 Å². The molecule has 1 aromatic carbocycles. The van der Waals surface area contributed by atoms with Gasteiger partial charge < -0.3 is 24.5 Å². The van der Waals surface area contributed by atoms with Crippen LogP contribution >= 0.6 is 0 Å². The zero-order valence-corrected chi connectivity index (χ0v) is 15.8. The quantitative estimate of drug-likeness (QED) is 0.424. The van der Waals surface area contributed by atoms with E-state index in [1.807, 2.05) is 4.90 Å². The van der Waals surface area contributed by atoms with E-state index in [9.17, 15) is 14.9 Å². The summed E-state index contributed by atoms with van der Waals surface area (Å²) in [5.74, 6) is 0.392. The lowest BCUT2D eigenvalue weighted by atomic mass is 9.97. The Balaban J connectivity index is 1.84. The maximum atomic E-state index is 11.9. The molecule has 0 bridgehead atoms. The zero-order valence-electron chi connectivity index (χ0n) is 15.8. The molecule has 148 valence electrons. The van der Waals surface area contributed by atoms with E-state index in [1.165, 1.54) is 0 Å². The smallest absolute Gasteiger partial charge is 0.471 e. The van der Waals surface area contributed by atoms with Crippen LogP contribution < -0.4 is 9.64 Å². The van der Waals surface area contributed by atoms with Gasteiger partial charge in [-0.05, 0) is 53.9 Å². The van der Waals surface area contributed by atoms with Crippen LogP contribution in [0.3, 0.4) is 0 Å². The van der Waals surface area contributed by atoms with Gasteiger partial charge in [-0.3, -0.25) is 4.79 Å². The van der Waals surface area contributed by atoms with E-state index in [4.69, 9.17) is 9.47 Å². The second kappa shape index (κ2) is 8.64. The van der Waals surface area contributed by atoms with Crippen molar-refractivity contribution in [1.82, 2.24) is 9.97 Å². The fraction of sp³-hybridized carbons (Fsp3) is 0.421. The Bertz CT molecular complexity index is 848. The van der Waals surface area contributed by atoms with Gasteiger partial charge in [0, 0.05) is 24.7 Å². The van der Waals surface area contributed by atoms with Crippen molar-refractivity contribution >= 4 is 17.7 Å². The van der Waals surface area contributed by atoms with Crippen LogP contribution in [-0.2, 0) is 9.53 Å². The van der Waals surface area contributed by atoms with E-state index in [-0.39, 0.29) is 11.9 Å². The van der Waals surface area contributed by atoms with Crippen molar-refractivity contribution in [3.05, 3.63) is 40.4 Å². The summed E-state index contributed by atoms with van der Waals surface area (Å²) in [7, 11) is 1.57. The number of methoxy groups -OCH3 is 1. The first kappa shape index (κ1) is 19.5. The summed E-state index contributed by atoms with van der Waals surface area (Å²) in [6, 6.07) is 8.87. The summed E-state index contributed by atoms with van der Waals surface area (Å²) in [4.78, 5) is 32.7. The van der Waals surface area contributed by atoms with Gasteiger partial charge in [0.25, 0.3) is 0 Å². The summed E-state index contributed by atoms with van der Waals surface area (Å²) >= 11 is 0. The van der Waals surface area contributed by atoms with Gasteiger partial charge in [0.1, 0.15) is 5.75 Å². The second-order valence-corrected chi connectivity index (χ2v) is 6.41. The molecule has 0 N–H and O–H groups in total. The minimum absolute atomic E-state index is 0.144. The van der Waals surface area contributed by atoms with E-state index >= 15 is 0 Å². The number of benzene rings is 1. The fourth-order valence-corrected chi connectivity index (χ4v) is 3.18. The molecule has 0 saturated carbocycles. The van der Waals surface area contributed by atoms with Crippen LogP contribution in [0, 0.1) is 16.0 Å². The van der Waals surface area contributed by atoms with Gasteiger partial charge in [-0.25, -0.2) is 0 Å². The third-order valence-electron chi connectivity index (χ3n) is 4.69. The third-order valence-corrected chi connectivity index (χ3v) is 4.69. The molecule has 3 rings (SSSR count). The lowest BCUT2D eigenvalue weighted by molar-refractivity contribution is -0.394. The van der Waals surface area contributed by atoms with Crippen molar-refractivity contribution in [3.63, 3.8) is 0 Å². The van der Waals surface area contributed by atoms with Gasteiger partial charge in [-0.15, -0.1) is 0 Å². The maximum absolute atomic E-state index is 11.9. The number of carbonyl (C=O) groups is 1. The molecule has 28 heavy (non-hydrogen) atoms. The first-order valence-electron chi connectivity index (χ1n) is 9.11. The van der Waals surface area contributed by atoms with Crippen LogP contribution in [0.1, 0.15) is 19.8 Å². The molecule has 1 aliphatic heterocycles. The summed E-state index contributed by atoms with van der Waals surface area (Å²) < 4.78 is 10.2. The predicted octanol–water partition coefficient (Wildman–Crippen LogP) is 2.84. The fourth-order valence-electron chi connectivity index (χ4n) is 3.18. The van der Waals surface area contributed by atoms with Gasteiger partial charge in [0.05, 0.1) is 19.6 Å². The van der Waals surface area contributed by atoms with Gasteiger partial charge in [-0.2, -0.15) is 0 Å². The SMILES string of the molecule is CCOC(=O)C1CCN(c2cc(-c3ccc(OC)cc3)nc([N+](=O)[O-])n2)CC1. The topological polar surface area (TPSA) is 108 Å². The molecule has 2 aromatic rings. The Morgan fingerprint density at radius 3 is 2.50 bits per heavy atom. The van der Waals surface area contributed by atoms with Crippen molar-refractivity contribution < 1.29 is 19.2 Å². The highest BCUT2D eigenvalue weighted by atomic mass is 16.6. The summed E-state index contributed by atoms with van der Waals surface area (Å²) in [6.45, 7) is 3.29. The molecule has 0 unspecified atom stereocenters. The Kier molecular flexibility index (Phi) is 6.03. The molecule has 0 spiro atoms. The van der Waals surface area contributed by atoms with Crippen LogP contribution in [0.2, 0.25) is 0 Å². The van der Waals surface area contributed by atoms with Crippen LogP contribution in [0.15, 0.2) is 30.3 Å². The first-order valence-corrected chi connectivity index (χ1v) is 9.11. The highest BCUT2D eigenvalue weighted by Gasteiger charge is 2.29. The minimum Gasteiger partial charge on any atom is -0.497 e. The number of rotatable bonds is 6. The second-order valence-electron chi connectivity index (χ2n) is 6.41. The van der Waals surface area contributed by atoms with Crippen LogP contribution in [0.4, 0.5) is 11.8 Å². The molecular weight excluding hydrogens is 364 g/mol. The van der Waals surface area contributed by atoms with Crippen molar-refractivity contribution in [2.45, 2.75) is 19.8 Å². The average molecular weight is 386 g/mol. The highest BCUT2D eigenvalue weighted by Crippen LogP contribution is 2.28. The number of carbonyl (C=O) groups excluding carboxylic acids is 1. The van der Waals surface area contributed by atoms with Crippen LogP contribution in [0.25, 0.3) is 11.3 Å². The predicted molar refractivity (Wildman–Crippen MR) is 102 cm³/mol. The Morgan fingerprint density at radius 1 is 1.25 bits per heavy atom. The number of hydrogen-bond acceptors (Lipinski definition) is 8. The molecule has 0 atom stereocenters. The number of nitro groups is 1.